The van der Waals surface area contributed by atoms with Crippen molar-refractivity contribution in [1.82, 2.24) is 4.98 Å². The highest BCUT2D eigenvalue weighted by atomic mass is 32.1. The lowest BCUT2D eigenvalue weighted by molar-refractivity contribution is -0.136. The Bertz CT molecular complexity index is 648. The number of nitrogens with zero attached hydrogens (tertiary/aromatic N) is 1. The zero-order valence-corrected chi connectivity index (χ0v) is 9.95. The van der Waals surface area contributed by atoms with E-state index in [1.807, 2.05) is 0 Å². The van der Waals surface area contributed by atoms with Gasteiger partial charge in [-0.1, -0.05) is 0 Å². The molecule has 2 rings (SSSR count). The number of pyridine rings is 1. The van der Waals surface area contributed by atoms with Crippen LogP contribution in [0, 0.1) is 6.92 Å². The van der Waals surface area contributed by atoms with Gasteiger partial charge in [0.2, 0.25) is 0 Å². The predicted octanol–water partition coefficient (Wildman–Crippen LogP) is 2.30. The van der Waals surface area contributed by atoms with Crippen LogP contribution in [0.1, 0.15) is 20.9 Å². The fraction of sp³-hybridized carbons (Fsp3) is 0.200. The summed E-state index contributed by atoms with van der Waals surface area (Å²) in [4.78, 5) is 15.0. The maximum absolute atomic E-state index is 12.9. The molecule has 0 fully saturated rings. The molecule has 0 saturated carbocycles. The monoisotopic (exact) mass is 275 g/mol. The second-order valence-electron chi connectivity index (χ2n) is 3.70. The maximum Gasteiger partial charge on any atom is 0.417 e. The summed E-state index contributed by atoms with van der Waals surface area (Å²) >= 11 is 0.766. The van der Waals surface area contributed by atoms with Crippen molar-refractivity contribution in [1.29, 1.82) is 0 Å². The van der Waals surface area contributed by atoms with Crippen LogP contribution in [0.4, 0.5) is 18.9 Å². The van der Waals surface area contributed by atoms with Crippen molar-refractivity contribution in [2.24, 2.45) is 5.73 Å². The number of aromatic nitrogens is 1. The normalized spacial score (nSPS) is 12.0. The van der Waals surface area contributed by atoms with E-state index in [9.17, 15) is 18.0 Å². The van der Waals surface area contributed by atoms with Gasteiger partial charge in [0.15, 0.2) is 0 Å². The Balaban J connectivity index is 2.91. The molecular weight excluding hydrogens is 267 g/mol. The Morgan fingerprint density at radius 2 is 2.06 bits per heavy atom. The van der Waals surface area contributed by atoms with E-state index in [1.165, 1.54) is 6.92 Å². The van der Waals surface area contributed by atoms with E-state index < -0.39 is 17.6 Å². The number of alkyl halides is 3. The van der Waals surface area contributed by atoms with Crippen LogP contribution in [0.5, 0.6) is 0 Å². The molecule has 0 unspecified atom stereocenters. The van der Waals surface area contributed by atoms with E-state index in [1.54, 1.807) is 0 Å². The molecule has 0 aliphatic rings. The number of hydrogen-bond acceptors (Lipinski definition) is 4. The summed E-state index contributed by atoms with van der Waals surface area (Å²) in [7, 11) is 0. The van der Waals surface area contributed by atoms with Crippen LogP contribution in [-0.4, -0.2) is 10.9 Å². The van der Waals surface area contributed by atoms with Gasteiger partial charge >= 0.3 is 6.18 Å². The zero-order chi connectivity index (χ0) is 13.7. The fourth-order valence-corrected chi connectivity index (χ4v) is 2.67. The van der Waals surface area contributed by atoms with Crippen LogP contribution in [0.3, 0.4) is 0 Å². The summed E-state index contributed by atoms with van der Waals surface area (Å²) < 4.78 is 38.7. The molecule has 0 atom stereocenters. The molecule has 2 heterocycles. The summed E-state index contributed by atoms with van der Waals surface area (Å²) in [6.07, 6.45) is -4.56. The lowest BCUT2D eigenvalue weighted by Crippen LogP contribution is -2.11. The minimum atomic E-state index is -4.56. The quantitative estimate of drug-likeness (QED) is 0.837. The number of carbonyl (C=O) groups excluding carboxylic acids is 1. The highest BCUT2D eigenvalue weighted by Gasteiger charge is 2.35. The van der Waals surface area contributed by atoms with E-state index in [4.69, 9.17) is 11.5 Å². The minimum Gasteiger partial charge on any atom is -0.397 e. The Labute approximate surface area is 103 Å². The Morgan fingerprint density at radius 1 is 1.44 bits per heavy atom. The molecule has 0 saturated heterocycles. The molecule has 0 radical (unpaired) electrons. The van der Waals surface area contributed by atoms with E-state index in [-0.39, 0.29) is 26.5 Å². The number of fused-ring (bicyclic) bond motifs is 1. The first-order chi connectivity index (χ1) is 8.21. The highest BCUT2D eigenvalue weighted by Crippen LogP contribution is 2.41. The Morgan fingerprint density at radius 3 is 2.56 bits per heavy atom. The SMILES string of the molecule is Cc1cc(C(F)(F)F)c2c(N)c(C(N)=O)sc2n1. The largest absolute Gasteiger partial charge is 0.417 e. The summed E-state index contributed by atoms with van der Waals surface area (Å²) in [6, 6.07) is 0.899. The van der Waals surface area contributed by atoms with Crippen molar-refractivity contribution in [3.05, 3.63) is 22.2 Å². The van der Waals surface area contributed by atoms with Crippen LogP contribution < -0.4 is 11.5 Å². The average Bonchev–Trinajstić information content (AvgIpc) is 2.53. The molecule has 0 bridgehead atoms. The molecule has 4 nitrogen and oxygen atoms in total. The van der Waals surface area contributed by atoms with Crippen LogP contribution in [-0.2, 0) is 6.18 Å². The van der Waals surface area contributed by atoms with Gasteiger partial charge in [0.05, 0.1) is 11.3 Å². The summed E-state index contributed by atoms with van der Waals surface area (Å²) in [6.45, 7) is 1.44. The van der Waals surface area contributed by atoms with Crippen LogP contribution in [0.15, 0.2) is 6.07 Å². The Kier molecular flexibility index (Phi) is 2.69. The third-order valence-corrected chi connectivity index (χ3v) is 3.47. The first-order valence-electron chi connectivity index (χ1n) is 4.78. The topological polar surface area (TPSA) is 82.0 Å². The molecule has 4 N–H and O–H groups in total. The summed E-state index contributed by atoms with van der Waals surface area (Å²) in [5, 5.41) is -0.257. The van der Waals surface area contributed by atoms with Gasteiger partial charge in [-0.2, -0.15) is 13.2 Å². The second kappa shape index (κ2) is 3.84. The number of rotatable bonds is 1. The molecule has 2 aromatic heterocycles. The summed E-state index contributed by atoms with van der Waals surface area (Å²) in [5.41, 5.74) is 9.66. The number of hydrogen-bond donors (Lipinski definition) is 2. The van der Waals surface area contributed by atoms with Crippen LogP contribution >= 0.6 is 11.3 Å². The van der Waals surface area contributed by atoms with Gasteiger partial charge in [0.1, 0.15) is 9.71 Å². The molecule has 1 amide bonds. The first kappa shape index (κ1) is 12.6. The number of aryl methyl sites for hydroxylation is 1. The van der Waals surface area contributed by atoms with Gasteiger partial charge in [0.25, 0.3) is 5.91 Å². The Hall–Kier alpha value is -1.83. The molecule has 96 valence electrons. The molecule has 0 spiro atoms. The van der Waals surface area contributed by atoms with Gasteiger partial charge in [-0.15, -0.1) is 11.3 Å². The third-order valence-electron chi connectivity index (χ3n) is 2.36. The van der Waals surface area contributed by atoms with Crippen molar-refractivity contribution >= 4 is 33.1 Å². The standard InChI is InChI=1S/C10H8F3N3OS/c1-3-2-4(10(11,12)13)5-6(14)7(8(15)17)18-9(5)16-3/h2H,14H2,1H3,(H2,15,17). The first-order valence-corrected chi connectivity index (χ1v) is 5.60. The molecular formula is C10H8F3N3OS. The van der Waals surface area contributed by atoms with Gasteiger partial charge in [0, 0.05) is 11.1 Å². The number of thiophene rings is 1. The number of primary amides is 1. The van der Waals surface area contributed by atoms with E-state index in [2.05, 4.69) is 4.98 Å². The molecule has 0 aliphatic heterocycles. The van der Waals surface area contributed by atoms with Gasteiger partial charge in [-0.05, 0) is 13.0 Å². The number of halogens is 3. The van der Waals surface area contributed by atoms with Gasteiger partial charge in [-0.3, -0.25) is 4.79 Å². The molecule has 18 heavy (non-hydrogen) atoms. The number of nitrogens with two attached hydrogens (primary N) is 2. The van der Waals surface area contributed by atoms with Gasteiger partial charge in [-0.25, -0.2) is 4.98 Å². The third kappa shape index (κ3) is 1.88. The molecule has 8 heteroatoms. The molecule has 0 aromatic carbocycles. The van der Waals surface area contributed by atoms with E-state index in [0.717, 1.165) is 17.4 Å². The van der Waals surface area contributed by atoms with Crippen LogP contribution in [0.2, 0.25) is 0 Å². The maximum atomic E-state index is 12.9. The van der Waals surface area contributed by atoms with Crippen LogP contribution in [0.25, 0.3) is 10.2 Å². The molecule has 2 aromatic rings. The smallest absolute Gasteiger partial charge is 0.397 e. The minimum absolute atomic E-state index is 0.0635. The van der Waals surface area contributed by atoms with Crippen molar-refractivity contribution in [3.63, 3.8) is 0 Å². The van der Waals surface area contributed by atoms with Crippen molar-refractivity contribution in [2.45, 2.75) is 13.1 Å². The van der Waals surface area contributed by atoms with Crippen molar-refractivity contribution in [2.75, 3.05) is 5.73 Å². The highest BCUT2D eigenvalue weighted by molar-refractivity contribution is 7.21. The number of nitrogen functional groups attached to an aromatic ring is 1. The summed E-state index contributed by atoms with van der Waals surface area (Å²) in [5.74, 6) is -0.860. The second-order valence-corrected chi connectivity index (χ2v) is 4.70. The lowest BCUT2D eigenvalue weighted by atomic mass is 10.1. The number of amides is 1. The lowest BCUT2D eigenvalue weighted by Gasteiger charge is -2.09. The van der Waals surface area contributed by atoms with E-state index >= 15 is 0 Å². The fourth-order valence-electron chi connectivity index (χ4n) is 1.65. The van der Waals surface area contributed by atoms with Crippen molar-refractivity contribution < 1.29 is 18.0 Å². The molecule has 0 aliphatic carbocycles. The average molecular weight is 275 g/mol. The van der Waals surface area contributed by atoms with E-state index in [0.29, 0.717) is 0 Å². The number of carbonyl (C=O) groups is 1. The van der Waals surface area contributed by atoms with Gasteiger partial charge < -0.3 is 11.5 Å². The predicted molar refractivity (Wildman–Crippen MR) is 62.3 cm³/mol. The zero-order valence-electron chi connectivity index (χ0n) is 9.13. The number of anilines is 1. The van der Waals surface area contributed by atoms with Crippen molar-refractivity contribution in [3.8, 4) is 0 Å².